The van der Waals surface area contributed by atoms with E-state index in [0.29, 0.717) is 6.54 Å². The Labute approximate surface area is 118 Å². The molecule has 2 aromatic rings. The van der Waals surface area contributed by atoms with Gasteiger partial charge >= 0.3 is 0 Å². The van der Waals surface area contributed by atoms with Crippen LogP contribution in [0.5, 0.6) is 0 Å². The number of tetrazole rings is 1. The van der Waals surface area contributed by atoms with Crippen molar-refractivity contribution in [3.05, 3.63) is 29.6 Å². The van der Waals surface area contributed by atoms with Crippen LogP contribution >= 0.6 is 0 Å². The molecule has 6 heteroatoms. The quantitative estimate of drug-likeness (QED) is 0.851. The van der Waals surface area contributed by atoms with E-state index < -0.39 is 0 Å². The summed E-state index contributed by atoms with van der Waals surface area (Å²) in [5.41, 5.74) is 2.13. The highest BCUT2D eigenvalue weighted by molar-refractivity contribution is 5.30. The largest absolute Gasteiger partial charge is 0.337 e. The lowest BCUT2D eigenvalue weighted by atomic mass is 9.79. The third-order valence-electron chi connectivity index (χ3n) is 4.08. The number of nitrogens with zero attached hydrogens (tertiary/aromatic N) is 6. The number of pyridine rings is 1. The third kappa shape index (κ3) is 2.26. The fourth-order valence-corrected chi connectivity index (χ4v) is 2.67. The Hall–Kier alpha value is -1.98. The average Bonchev–Trinajstić information content (AvgIpc) is 2.85. The van der Waals surface area contributed by atoms with E-state index in [1.54, 1.807) is 0 Å². The smallest absolute Gasteiger partial charge is 0.246 e. The van der Waals surface area contributed by atoms with Crippen molar-refractivity contribution in [1.29, 1.82) is 0 Å². The first-order chi connectivity index (χ1) is 9.58. The highest BCUT2D eigenvalue weighted by Crippen LogP contribution is 2.39. The Balaban J connectivity index is 1.81. The standard InChI is InChI=1S/C14H20N6/c1-11-6-4-7-12(15-11)10-19(3)13-16-17-18-20(13)14(2)8-5-9-14/h4,6-7H,5,8-10H2,1-3H3. The summed E-state index contributed by atoms with van der Waals surface area (Å²) in [6, 6.07) is 6.06. The monoisotopic (exact) mass is 272 g/mol. The molecule has 1 fully saturated rings. The minimum Gasteiger partial charge on any atom is -0.337 e. The molecule has 0 spiro atoms. The van der Waals surface area contributed by atoms with Crippen LogP contribution in [-0.4, -0.2) is 32.2 Å². The molecule has 0 unspecified atom stereocenters. The van der Waals surface area contributed by atoms with Crippen LogP contribution in [0.1, 0.15) is 37.6 Å². The number of rotatable bonds is 4. The second kappa shape index (κ2) is 4.85. The number of anilines is 1. The Kier molecular flexibility index (Phi) is 3.16. The number of aromatic nitrogens is 5. The van der Waals surface area contributed by atoms with Crippen molar-refractivity contribution < 1.29 is 0 Å². The molecule has 2 heterocycles. The molecule has 0 atom stereocenters. The Morgan fingerprint density at radius 2 is 2.15 bits per heavy atom. The van der Waals surface area contributed by atoms with Crippen molar-refractivity contribution in [3.8, 4) is 0 Å². The van der Waals surface area contributed by atoms with Crippen LogP contribution in [0.15, 0.2) is 18.2 Å². The van der Waals surface area contributed by atoms with Crippen LogP contribution in [0.2, 0.25) is 0 Å². The summed E-state index contributed by atoms with van der Waals surface area (Å²) in [5.74, 6) is 0.815. The molecule has 0 radical (unpaired) electrons. The molecule has 0 aromatic carbocycles. The molecule has 1 aliphatic carbocycles. The van der Waals surface area contributed by atoms with Gasteiger partial charge in [0.25, 0.3) is 0 Å². The summed E-state index contributed by atoms with van der Waals surface area (Å²) in [4.78, 5) is 6.59. The van der Waals surface area contributed by atoms with Gasteiger partial charge in [-0.25, -0.2) is 4.68 Å². The maximum absolute atomic E-state index is 4.53. The minimum atomic E-state index is 0.0765. The maximum atomic E-state index is 4.53. The fourth-order valence-electron chi connectivity index (χ4n) is 2.67. The fraction of sp³-hybridized carbons (Fsp3) is 0.571. The van der Waals surface area contributed by atoms with Gasteiger partial charge in [0.1, 0.15) is 0 Å². The van der Waals surface area contributed by atoms with Gasteiger partial charge in [-0.3, -0.25) is 4.98 Å². The predicted octanol–water partition coefficient (Wildman–Crippen LogP) is 1.91. The molecule has 106 valence electrons. The zero-order valence-electron chi connectivity index (χ0n) is 12.2. The zero-order valence-corrected chi connectivity index (χ0v) is 12.2. The minimum absolute atomic E-state index is 0.0765. The van der Waals surface area contributed by atoms with Gasteiger partial charge in [-0.1, -0.05) is 11.2 Å². The molecule has 0 saturated heterocycles. The van der Waals surface area contributed by atoms with E-state index >= 15 is 0 Å². The van der Waals surface area contributed by atoms with Crippen molar-refractivity contribution in [2.45, 2.75) is 45.2 Å². The lowest BCUT2D eigenvalue weighted by Crippen LogP contribution is -2.40. The summed E-state index contributed by atoms with van der Waals surface area (Å²) in [6.07, 6.45) is 3.53. The van der Waals surface area contributed by atoms with Crippen LogP contribution in [0.3, 0.4) is 0 Å². The Morgan fingerprint density at radius 1 is 1.35 bits per heavy atom. The van der Waals surface area contributed by atoms with Gasteiger partial charge in [-0.15, -0.1) is 0 Å². The molecular weight excluding hydrogens is 252 g/mol. The SMILES string of the molecule is Cc1cccc(CN(C)c2nnnn2C2(C)CCC2)n1. The summed E-state index contributed by atoms with van der Waals surface area (Å²) >= 11 is 0. The summed E-state index contributed by atoms with van der Waals surface area (Å²) in [6.45, 7) is 4.93. The molecule has 20 heavy (non-hydrogen) atoms. The van der Waals surface area contributed by atoms with E-state index in [1.165, 1.54) is 6.42 Å². The van der Waals surface area contributed by atoms with Gasteiger partial charge in [0.15, 0.2) is 0 Å². The second-order valence-corrected chi connectivity index (χ2v) is 5.87. The molecule has 2 aromatic heterocycles. The van der Waals surface area contributed by atoms with Gasteiger partial charge in [0.05, 0.1) is 17.8 Å². The van der Waals surface area contributed by atoms with Crippen molar-refractivity contribution in [1.82, 2.24) is 25.2 Å². The Bertz CT molecular complexity index is 601. The lowest BCUT2D eigenvalue weighted by molar-refractivity contribution is 0.148. The summed E-state index contributed by atoms with van der Waals surface area (Å²) in [7, 11) is 2.01. The highest BCUT2D eigenvalue weighted by atomic mass is 15.6. The van der Waals surface area contributed by atoms with Gasteiger partial charge < -0.3 is 4.90 Å². The first kappa shape index (κ1) is 13.0. The molecule has 0 N–H and O–H groups in total. The molecule has 1 saturated carbocycles. The number of aryl methyl sites for hydroxylation is 1. The van der Waals surface area contributed by atoms with E-state index in [4.69, 9.17) is 0 Å². The highest BCUT2D eigenvalue weighted by Gasteiger charge is 2.37. The van der Waals surface area contributed by atoms with Gasteiger partial charge in [-0.05, 0) is 55.7 Å². The van der Waals surface area contributed by atoms with E-state index in [0.717, 1.165) is 30.2 Å². The van der Waals surface area contributed by atoms with E-state index in [2.05, 4.69) is 32.3 Å². The lowest BCUT2D eigenvalue weighted by Gasteiger charge is -2.39. The molecule has 6 nitrogen and oxygen atoms in total. The van der Waals surface area contributed by atoms with Crippen molar-refractivity contribution in [2.75, 3.05) is 11.9 Å². The third-order valence-corrected chi connectivity index (χ3v) is 4.08. The Morgan fingerprint density at radius 3 is 2.80 bits per heavy atom. The van der Waals surface area contributed by atoms with Crippen LogP contribution in [0, 0.1) is 6.92 Å². The molecular formula is C14H20N6. The first-order valence-corrected chi connectivity index (χ1v) is 7.01. The molecule has 3 rings (SSSR count). The topological polar surface area (TPSA) is 59.7 Å². The molecule has 0 bridgehead atoms. The molecule has 1 aliphatic rings. The van der Waals surface area contributed by atoms with Crippen LogP contribution < -0.4 is 4.90 Å². The van der Waals surface area contributed by atoms with E-state index in [9.17, 15) is 0 Å². The number of hydrogen-bond acceptors (Lipinski definition) is 5. The molecule has 0 amide bonds. The van der Waals surface area contributed by atoms with E-state index in [-0.39, 0.29) is 5.54 Å². The normalized spacial score (nSPS) is 16.8. The predicted molar refractivity (Wildman–Crippen MR) is 76.4 cm³/mol. The van der Waals surface area contributed by atoms with Crippen LogP contribution in [-0.2, 0) is 12.1 Å². The van der Waals surface area contributed by atoms with E-state index in [1.807, 2.05) is 36.9 Å². The molecule has 0 aliphatic heterocycles. The van der Waals surface area contributed by atoms with Crippen molar-refractivity contribution in [3.63, 3.8) is 0 Å². The number of hydrogen-bond donors (Lipinski definition) is 0. The van der Waals surface area contributed by atoms with Crippen LogP contribution in [0.25, 0.3) is 0 Å². The average molecular weight is 272 g/mol. The maximum Gasteiger partial charge on any atom is 0.246 e. The summed E-state index contributed by atoms with van der Waals surface area (Å²) < 4.78 is 1.96. The van der Waals surface area contributed by atoms with Crippen molar-refractivity contribution >= 4 is 5.95 Å². The second-order valence-electron chi connectivity index (χ2n) is 5.87. The first-order valence-electron chi connectivity index (χ1n) is 7.01. The van der Waals surface area contributed by atoms with Gasteiger partial charge in [0.2, 0.25) is 5.95 Å². The summed E-state index contributed by atoms with van der Waals surface area (Å²) in [5, 5.41) is 12.2. The van der Waals surface area contributed by atoms with Crippen LogP contribution in [0.4, 0.5) is 5.95 Å². The van der Waals surface area contributed by atoms with Crippen molar-refractivity contribution in [2.24, 2.45) is 0 Å². The van der Waals surface area contributed by atoms with Gasteiger partial charge in [-0.2, -0.15) is 0 Å². The van der Waals surface area contributed by atoms with Gasteiger partial charge in [0, 0.05) is 12.7 Å². The zero-order chi connectivity index (χ0) is 14.2.